The zero-order valence-electron chi connectivity index (χ0n) is 13.5. The van der Waals surface area contributed by atoms with E-state index in [1.54, 1.807) is 0 Å². The van der Waals surface area contributed by atoms with Gasteiger partial charge in [-0.3, -0.25) is 4.72 Å². The van der Waals surface area contributed by atoms with Crippen molar-refractivity contribution in [1.82, 2.24) is 0 Å². The zero-order valence-corrected chi connectivity index (χ0v) is 15.1. The van der Waals surface area contributed by atoms with Gasteiger partial charge in [-0.15, -0.1) is 0 Å². The van der Waals surface area contributed by atoms with Gasteiger partial charge in [-0.05, 0) is 36.4 Å². The Morgan fingerprint density at radius 1 is 1.12 bits per heavy atom. The molecule has 10 heteroatoms. The fourth-order valence-corrected chi connectivity index (χ4v) is 3.35. The summed E-state index contributed by atoms with van der Waals surface area (Å²) in [5.74, 6) is -0.0550. The van der Waals surface area contributed by atoms with E-state index in [2.05, 4.69) is 4.72 Å². The maximum Gasteiger partial charge on any atom is 0.416 e. The van der Waals surface area contributed by atoms with Gasteiger partial charge in [-0.1, -0.05) is 17.7 Å². The molecule has 0 heterocycles. The molecular weight excluding hydrogens is 395 g/mol. The number of hydrogen-bond acceptors (Lipinski definition) is 4. The minimum Gasteiger partial charge on any atom is -0.489 e. The van der Waals surface area contributed by atoms with Crippen LogP contribution in [-0.4, -0.2) is 28.7 Å². The van der Waals surface area contributed by atoms with Gasteiger partial charge in [0.25, 0.3) is 10.0 Å². The molecule has 0 bridgehead atoms. The number of hydrogen-bond donors (Lipinski definition) is 1. The molecule has 5 nitrogen and oxygen atoms in total. The van der Waals surface area contributed by atoms with Crippen LogP contribution in [0.4, 0.5) is 18.9 Å². The van der Waals surface area contributed by atoms with E-state index in [-0.39, 0.29) is 34.6 Å². The predicted molar refractivity (Wildman–Crippen MR) is 91.1 cm³/mol. The van der Waals surface area contributed by atoms with E-state index < -0.39 is 21.8 Å². The average Bonchev–Trinajstić information content (AvgIpc) is 2.55. The molecule has 1 N–H and O–H groups in total. The van der Waals surface area contributed by atoms with Crippen molar-refractivity contribution in [1.29, 1.82) is 0 Å². The summed E-state index contributed by atoms with van der Waals surface area (Å²) in [5.41, 5.74) is -1.35. The first-order valence-corrected chi connectivity index (χ1v) is 9.11. The molecule has 0 unspecified atom stereocenters. The first-order chi connectivity index (χ1) is 12.1. The molecule has 0 spiro atoms. The number of sulfonamides is 1. The van der Waals surface area contributed by atoms with Crippen LogP contribution >= 0.6 is 11.6 Å². The monoisotopic (exact) mass is 409 g/mol. The second-order valence-corrected chi connectivity index (χ2v) is 7.23. The molecule has 26 heavy (non-hydrogen) atoms. The zero-order chi connectivity index (χ0) is 19.4. The van der Waals surface area contributed by atoms with Crippen LogP contribution in [0.1, 0.15) is 5.56 Å². The molecule has 0 aliphatic heterocycles. The average molecular weight is 410 g/mol. The van der Waals surface area contributed by atoms with Crippen LogP contribution in [0.5, 0.6) is 5.75 Å². The largest absolute Gasteiger partial charge is 0.489 e. The predicted octanol–water partition coefficient (Wildman–Crippen LogP) is 4.18. The third-order valence-corrected chi connectivity index (χ3v) is 4.80. The quantitative estimate of drug-likeness (QED) is 0.696. The Morgan fingerprint density at radius 2 is 1.85 bits per heavy atom. The van der Waals surface area contributed by atoms with Crippen LogP contribution < -0.4 is 9.46 Å². The second-order valence-electron chi connectivity index (χ2n) is 5.11. The van der Waals surface area contributed by atoms with Crippen molar-refractivity contribution in [2.45, 2.75) is 11.1 Å². The lowest BCUT2D eigenvalue weighted by molar-refractivity contribution is -0.137. The summed E-state index contributed by atoms with van der Waals surface area (Å²) in [5, 5.41) is 0.175. The van der Waals surface area contributed by atoms with Gasteiger partial charge >= 0.3 is 6.18 Å². The molecule has 0 aliphatic rings. The van der Waals surface area contributed by atoms with Crippen LogP contribution in [0, 0.1) is 0 Å². The van der Waals surface area contributed by atoms with Crippen molar-refractivity contribution in [3.05, 3.63) is 53.1 Å². The molecule has 0 aromatic heterocycles. The van der Waals surface area contributed by atoms with Crippen molar-refractivity contribution < 1.29 is 31.1 Å². The molecule has 0 radical (unpaired) electrons. The fourth-order valence-electron chi connectivity index (χ4n) is 1.98. The molecule has 0 fully saturated rings. The standard InChI is InChI=1S/C16H15ClF3NO4S/c1-24-7-8-25-15-6-5-11(16(18,19)20)9-14(15)21-26(22,23)13-4-2-3-12(17)10-13/h2-6,9-10,21H,7-8H2,1H3. The Balaban J connectivity index is 2.40. The van der Waals surface area contributed by atoms with Gasteiger partial charge in [0, 0.05) is 12.1 Å². The molecule has 2 rings (SSSR count). The molecule has 2 aromatic rings. The number of alkyl halides is 3. The van der Waals surface area contributed by atoms with Gasteiger partial charge in [0.1, 0.15) is 12.4 Å². The van der Waals surface area contributed by atoms with E-state index in [1.165, 1.54) is 31.4 Å². The lowest BCUT2D eigenvalue weighted by atomic mass is 10.2. The Kier molecular flexibility index (Phi) is 6.38. The van der Waals surface area contributed by atoms with Crippen LogP contribution in [-0.2, 0) is 20.9 Å². The Bertz CT molecular complexity index is 872. The number of halogens is 4. The lowest BCUT2D eigenvalue weighted by Gasteiger charge is -2.16. The normalized spacial score (nSPS) is 12.0. The van der Waals surface area contributed by atoms with Crippen molar-refractivity contribution in [3.63, 3.8) is 0 Å². The highest BCUT2D eigenvalue weighted by molar-refractivity contribution is 7.92. The number of benzene rings is 2. The van der Waals surface area contributed by atoms with Crippen LogP contribution in [0.2, 0.25) is 5.02 Å². The van der Waals surface area contributed by atoms with Crippen molar-refractivity contribution in [3.8, 4) is 5.75 Å². The second kappa shape index (κ2) is 8.15. The van der Waals surface area contributed by atoms with Gasteiger partial charge in [-0.2, -0.15) is 13.2 Å². The summed E-state index contributed by atoms with van der Waals surface area (Å²) in [6, 6.07) is 7.87. The first kappa shape index (κ1) is 20.3. The van der Waals surface area contributed by atoms with Gasteiger partial charge in [0.2, 0.25) is 0 Å². The minimum absolute atomic E-state index is 0.0355. The van der Waals surface area contributed by atoms with Crippen molar-refractivity contribution in [2.75, 3.05) is 25.0 Å². The van der Waals surface area contributed by atoms with Gasteiger partial charge in [0.05, 0.1) is 22.8 Å². The molecule has 2 aromatic carbocycles. The molecule has 142 valence electrons. The molecule has 0 atom stereocenters. The highest BCUT2D eigenvalue weighted by Crippen LogP contribution is 2.36. The SMILES string of the molecule is COCCOc1ccc(C(F)(F)F)cc1NS(=O)(=O)c1cccc(Cl)c1. The maximum absolute atomic E-state index is 13.0. The smallest absolute Gasteiger partial charge is 0.416 e. The molecule has 0 aliphatic carbocycles. The Morgan fingerprint density at radius 3 is 2.46 bits per heavy atom. The summed E-state index contributed by atoms with van der Waals surface area (Å²) in [4.78, 5) is -0.190. The first-order valence-electron chi connectivity index (χ1n) is 7.25. The van der Waals surface area contributed by atoms with Crippen LogP contribution in [0.3, 0.4) is 0 Å². The van der Waals surface area contributed by atoms with E-state index in [0.29, 0.717) is 6.07 Å². The topological polar surface area (TPSA) is 64.6 Å². The summed E-state index contributed by atoms with van der Waals surface area (Å²) in [6.07, 6.45) is -4.64. The number of anilines is 1. The number of nitrogens with one attached hydrogen (secondary N) is 1. The van der Waals surface area contributed by atoms with E-state index >= 15 is 0 Å². The van der Waals surface area contributed by atoms with E-state index in [4.69, 9.17) is 21.1 Å². The molecule has 0 saturated heterocycles. The lowest BCUT2D eigenvalue weighted by Crippen LogP contribution is -2.16. The third-order valence-electron chi connectivity index (χ3n) is 3.20. The number of ether oxygens (including phenoxy) is 2. The number of rotatable bonds is 7. The van der Waals surface area contributed by atoms with Gasteiger partial charge < -0.3 is 9.47 Å². The van der Waals surface area contributed by atoms with Gasteiger partial charge in [-0.25, -0.2) is 8.42 Å². The van der Waals surface area contributed by atoms with E-state index in [1.807, 2.05) is 0 Å². The molecule has 0 saturated carbocycles. The summed E-state index contributed by atoms with van der Waals surface area (Å²) < 4.78 is 76.0. The minimum atomic E-state index is -4.64. The molecular formula is C16H15ClF3NO4S. The Hall–Kier alpha value is -1.97. The van der Waals surface area contributed by atoms with Crippen molar-refractivity contribution in [2.24, 2.45) is 0 Å². The highest BCUT2D eigenvalue weighted by Gasteiger charge is 2.32. The van der Waals surface area contributed by atoms with E-state index in [0.717, 1.165) is 12.1 Å². The third kappa shape index (κ3) is 5.26. The number of methoxy groups -OCH3 is 1. The van der Waals surface area contributed by atoms with Crippen LogP contribution in [0.15, 0.2) is 47.4 Å². The van der Waals surface area contributed by atoms with Crippen molar-refractivity contribution >= 4 is 27.3 Å². The fraction of sp³-hybridized carbons (Fsp3) is 0.250. The maximum atomic E-state index is 13.0. The van der Waals surface area contributed by atoms with Crippen LogP contribution in [0.25, 0.3) is 0 Å². The Labute approximate surface area is 153 Å². The highest BCUT2D eigenvalue weighted by atomic mass is 35.5. The summed E-state index contributed by atoms with van der Waals surface area (Å²) in [7, 11) is -2.73. The summed E-state index contributed by atoms with van der Waals surface area (Å²) >= 11 is 5.78. The summed E-state index contributed by atoms with van der Waals surface area (Å²) in [6.45, 7) is 0.218. The molecule has 0 amide bonds. The van der Waals surface area contributed by atoms with Gasteiger partial charge in [0.15, 0.2) is 0 Å². The van der Waals surface area contributed by atoms with E-state index in [9.17, 15) is 21.6 Å².